The average molecular weight is 659 g/mol. The first-order valence-electron chi connectivity index (χ1n) is 13.2. The number of phenols is 1. The quantitative estimate of drug-likeness (QED) is 0.0811. The maximum Gasteiger partial charge on any atom is 0.294 e. The van der Waals surface area contributed by atoms with Gasteiger partial charge < -0.3 is 25.8 Å². The fourth-order valence-corrected chi connectivity index (χ4v) is 6.28. The number of rotatable bonds is 12. The molecule has 4 aromatic rings. The maximum absolute atomic E-state index is 12.8. The molecule has 4 rings (SSSR count). The summed E-state index contributed by atoms with van der Waals surface area (Å²) >= 11 is 0. The van der Waals surface area contributed by atoms with E-state index in [4.69, 9.17) is 20.7 Å². The molecule has 0 heterocycles. The van der Waals surface area contributed by atoms with Gasteiger partial charge in [0.25, 0.3) is 10.1 Å². The van der Waals surface area contributed by atoms with Gasteiger partial charge in [0.05, 0.1) is 41.5 Å². The molecule has 0 atom stereocenters. The van der Waals surface area contributed by atoms with Crippen molar-refractivity contribution in [3.05, 3.63) is 66.2 Å². The third-order valence-corrected chi connectivity index (χ3v) is 9.32. The highest BCUT2D eigenvalue weighted by Gasteiger charge is 2.23. The summed E-state index contributed by atoms with van der Waals surface area (Å²) < 4.78 is 64.4. The summed E-state index contributed by atoms with van der Waals surface area (Å²) in [5.41, 5.74) is 7.64. The van der Waals surface area contributed by atoms with Crippen molar-refractivity contribution >= 4 is 59.4 Å². The number of ether oxygens (including phenoxy) is 1. The number of nitrogens with two attached hydrogens (primary N) is 1. The third-order valence-electron chi connectivity index (χ3n) is 6.58. The topological polar surface area (TPSA) is 237 Å². The Balaban J connectivity index is 1.58. The lowest BCUT2D eigenvalue weighted by Crippen LogP contribution is -2.35. The van der Waals surface area contributed by atoms with Gasteiger partial charge in [-0.1, -0.05) is 6.07 Å². The van der Waals surface area contributed by atoms with Crippen molar-refractivity contribution in [1.29, 1.82) is 0 Å². The number of aryl methyl sites for hydroxylation is 1. The number of aliphatic hydroxyl groups excluding tert-OH is 2. The molecular formula is C28H30N6O9S2. The van der Waals surface area contributed by atoms with Gasteiger partial charge in [-0.15, -0.1) is 10.2 Å². The number of fused-ring (bicyclic) bond motifs is 1. The van der Waals surface area contributed by atoms with Crippen molar-refractivity contribution in [1.82, 2.24) is 4.31 Å². The molecule has 4 aromatic carbocycles. The van der Waals surface area contributed by atoms with Gasteiger partial charge in [-0.25, -0.2) is 8.42 Å². The van der Waals surface area contributed by atoms with Crippen LogP contribution in [-0.4, -0.2) is 74.4 Å². The van der Waals surface area contributed by atoms with Gasteiger partial charge in [0.2, 0.25) is 10.0 Å². The van der Waals surface area contributed by atoms with Crippen LogP contribution in [0.1, 0.15) is 5.56 Å². The molecule has 15 nitrogen and oxygen atoms in total. The van der Waals surface area contributed by atoms with Gasteiger partial charge in [0, 0.05) is 30.2 Å². The summed E-state index contributed by atoms with van der Waals surface area (Å²) in [5, 5.41) is 46.2. The molecule has 238 valence electrons. The predicted octanol–water partition coefficient (Wildman–Crippen LogP) is 4.50. The van der Waals surface area contributed by atoms with E-state index in [0.29, 0.717) is 22.6 Å². The first-order chi connectivity index (χ1) is 21.3. The average Bonchev–Trinajstić information content (AvgIpc) is 2.99. The van der Waals surface area contributed by atoms with E-state index in [1.807, 2.05) is 0 Å². The Labute approximate surface area is 258 Å². The number of azo groups is 2. The van der Waals surface area contributed by atoms with E-state index in [-0.39, 0.29) is 51.6 Å². The highest BCUT2D eigenvalue weighted by Crippen LogP contribution is 2.41. The molecule has 0 unspecified atom stereocenters. The number of nitrogen functional groups attached to an aromatic ring is 1. The lowest BCUT2D eigenvalue weighted by atomic mass is 10.1. The maximum atomic E-state index is 12.8. The molecular weight excluding hydrogens is 628 g/mol. The van der Waals surface area contributed by atoms with E-state index in [0.717, 1.165) is 10.4 Å². The zero-order valence-corrected chi connectivity index (χ0v) is 25.7. The first kappa shape index (κ1) is 33.4. The van der Waals surface area contributed by atoms with Crippen molar-refractivity contribution in [3.63, 3.8) is 0 Å². The first-order valence-corrected chi connectivity index (χ1v) is 16.0. The Bertz CT molecular complexity index is 1990. The summed E-state index contributed by atoms with van der Waals surface area (Å²) in [5.74, 6) is -0.0600. The summed E-state index contributed by atoms with van der Waals surface area (Å²) in [4.78, 5) is -0.442. The van der Waals surface area contributed by atoms with Crippen molar-refractivity contribution in [2.75, 3.05) is 39.1 Å². The highest BCUT2D eigenvalue weighted by molar-refractivity contribution is 7.89. The normalized spacial score (nSPS) is 12.6. The molecule has 0 amide bonds. The molecule has 0 aliphatic carbocycles. The Kier molecular flexibility index (Phi) is 10.1. The van der Waals surface area contributed by atoms with Crippen LogP contribution in [0.3, 0.4) is 0 Å². The molecule has 0 saturated carbocycles. The number of methoxy groups -OCH3 is 1. The smallest absolute Gasteiger partial charge is 0.294 e. The monoisotopic (exact) mass is 658 g/mol. The number of anilines is 1. The summed E-state index contributed by atoms with van der Waals surface area (Å²) in [6.07, 6.45) is 0. The third kappa shape index (κ3) is 7.42. The molecule has 0 radical (unpaired) electrons. The number of aliphatic hydroxyl groups is 2. The number of aromatic hydroxyl groups is 1. The molecule has 0 bridgehead atoms. The zero-order chi connectivity index (χ0) is 32.9. The number of hydrogen-bond acceptors (Lipinski definition) is 13. The number of hydrogen-bond donors (Lipinski definition) is 5. The molecule has 0 fully saturated rings. The van der Waals surface area contributed by atoms with Crippen LogP contribution >= 0.6 is 0 Å². The van der Waals surface area contributed by atoms with Crippen LogP contribution in [0, 0.1) is 6.92 Å². The van der Waals surface area contributed by atoms with Crippen molar-refractivity contribution in [3.8, 4) is 11.5 Å². The van der Waals surface area contributed by atoms with Crippen molar-refractivity contribution in [2.24, 2.45) is 20.5 Å². The zero-order valence-electron chi connectivity index (χ0n) is 24.1. The number of sulfonamides is 1. The summed E-state index contributed by atoms with van der Waals surface area (Å²) in [6, 6.07) is 13.9. The fourth-order valence-electron chi connectivity index (χ4n) is 4.31. The van der Waals surface area contributed by atoms with Crippen LogP contribution in [0.15, 0.2) is 90.9 Å². The van der Waals surface area contributed by atoms with Crippen LogP contribution in [-0.2, 0) is 20.1 Å². The van der Waals surface area contributed by atoms with Crippen LogP contribution in [0.4, 0.5) is 28.4 Å². The van der Waals surface area contributed by atoms with Gasteiger partial charge in [-0.3, -0.25) is 4.55 Å². The van der Waals surface area contributed by atoms with Crippen molar-refractivity contribution in [2.45, 2.75) is 16.7 Å². The molecule has 0 aromatic heterocycles. The van der Waals surface area contributed by atoms with E-state index in [9.17, 15) is 26.5 Å². The second kappa shape index (κ2) is 13.6. The summed E-state index contributed by atoms with van der Waals surface area (Å²) in [7, 11) is -7.01. The molecule has 17 heteroatoms. The second-order valence-electron chi connectivity index (χ2n) is 9.57. The van der Waals surface area contributed by atoms with Crippen LogP contribution in [0.2, 0.25) is 0 Å². The van der Waals surface area contributed by atoms with E-state index in [1.54, 1.807) is 19.1 Å². The van der Waals surface area contributed by atoms with Crippen molar-refractivity contribution < 1.29 is 41.4 Å². The van der Waals surface area contributed by atoms with Gasteiger partial charge in [-0.05, 0) is 66.4 Å². The largest absolute Gasteiger partial charge is 0.505 e. The van der Waals surface area contributed by atoms with Crippen LogP contribution < -0.4 is 10.5 Å². The lowest BCUT2D eigenvalue weighted by molar-refractivity contribution is 0.217. The fraction of sp³-hybridized carbons (Fsp3) is 0.214. The van der Waals surface area contributed by atoms with E-state index in [2.05, 4.69) is 20.5 Å². The van der Waals surface area contributed by atoms with E-state index >= 15 is 0 Å². The molecule has 0 aliphatic rings. The van der Waals surface area contributed by atoms with E-state index in [1.165, 1.54) is 49.6 Å². The standard InChI is InChI=1S/C28H30N6O9S2/c1-17-13-25(33-31-23-8-3-18-14-21(45(40,41)42)15-22(29)27(18)28(23)37)26(43-2)16-24(17)32-30-19-4-6-20(7-5-19)44(38,39)34(9-11-35)10-12-36/h3-8,13-16,35-37H,9-12,29H2,1-2H3,(H,40,41,42). The molecule has 6 N–H and O–H groups in total. The summed E-state index contributed by atoms with van der Waals surface area (Å²) in [6.45, 7) is 0.663. The van der Waals surface area contributed by atoms with Crippen LogP contribution in [0.5, 0.6) is 11.5 Å². The van der Waals surface area contributed by atoms with Gasteiger partial charge in [-0.2, -0.15) is 23.0 Å². The predicted molar refractivity (Wildman–Crippen MR) is 165 cm³/mol. The van der Waals surface area contributed by atoms with E-state index < -0.39 is 38.3 Å². The number of benzene rings is 4. The highest BCUT2D eigenvalue weighted by atomic mass is 32.2. The molecule has 0 aliphatic heterocycles. The SMILES string of the molecule is COc1cc(N=Nc2ccc(S(=O)(=O)N(CCO)CCO)cc2)c(C)cc1N=Nc1ccc2cc(S(=O)(=O)O)cc(N)c2c1O. The Morgan fingerprint density at radius 2 is 1.42 bits per heavy atom. The van der Waals surface area contributed by atoms with Gasteiger partial charge in [0.1, 0.15) is 17.1 Å². The Hall–Kier alpha value is -4.52. The molecule has 0 spiro atoms. The second-order valence-corrected chi connectivity index (χ2v) is 12.9. The minimum atomic E-state index is -4.50. The number of phenolic OH excluding ortho intramolecular Hbond substituents is 1. The number of nitrogens with zero attached hydrogens (tertiary/aromatic N) is 5. The lowest BCUT2D eigenvalue weighted by Gasteiger charge is -2.20. The van der Waals surface area contributed by atoms with Gasteiger partial charge in [0.15, 0.2) is 5.75 Å². The van der Waals surface area contributed by atoms with Gasteiger partial charge >= 0.3 is 0 Å². The Morgan fingerprint density at radius 1 is 0.800 bits per heavy atom. The minimum Gasteiger partial charge on any atom is -0.505 e. The minimum absolute atomic E-state index is 0.0288. The molecule has 45 heavy (non-hydrogen) atoms. The molecule has 0 saturated heterocycles. The van der Waals surface area contributed by atoms with Crippen LogP contribution in [0.25, 0.3) is 10.8 Å². The Morgan fingerprint density at radius 3 is 2.02 bits per heavy atom.